The molecule has 5 nitrogen and oxygen atoms in total. The fraction of sp³-hybridized carbons (Fsp3) is 0.588. The second-order valence-electron chi connectivity index (χ2n) is 6.70. The minimum Gasteiger partial charge on any atom is -0.334 e. The Balaban J connectivity index is 1.97. The standard InChI is InChI=1S/C17H26N2O3S/c1-12(2)13(3)19(15-7-8-15)17(20)18-11-14-5-9-16(10-6-14)23(4,21)22/h5-6,9-10,12-13,15H,7-8,11H2,1-4H3,(H,18,20). The first-order valence-corrected chi connectivity index (χ1v) is 9.94. The molecule has 1 atom stereocenters. The van der Waals surface area contributed by atoms with Gasteiger partial charge in [0.05, 0.1) is 4.90 Å². The average molecular weight is 338 g/mol. The Hall–Kier alpha value is -1.56. The van der Waals surface area contributed by atoms with E-state index in [1.54, 1.807) is 24.3 Å². The SMILES string of the molecule is CC(C)C(C)N(C(=O)NCc1ccc(S(C)(=O)=O)cc1)C1CC1. The van der Waals surface area contributed by atoms with Crippen LogP contribution in [-0.4, -0.2) is 37.7 Å². The van der Waals surface area contributed by atoms with Crippen LogP contribution in [0.15, 0.2) is 29.2 Å². The molecule has 23 heavy (non-hydrogen) atoms. The van der Waals surface area contributed by atoms with Gasteiger partial charge >= 0.3 is 6.03 Å². The van der Waals surface area contributed by atoms with Crippen LogP contribution in [0.1, 0.15) is 39.2 Å². The third kappa shape index (κ3) is 4.70. The molecule has 2 amide bonds. The van der Waals surface area contributed by atoms with E-state index in [1.165, 1.54) is 6.26 Å². The minimum atomic E-state index is -3.18. The first-order valence-electron chi connectivity index (χ1n) is 8.05. The predicted octanol–water partition coefficient (Wildman–Crippen LogP) is 2.81. The number of nitrogens with one attached hydrogen (secondary N) is 1. The summed E-state index contributed by atoms with van der Waals surface area (Å²) in [5, 5.41) is 2.95. The fourth-order valence-electron chi connectivity index (χ4n) is 2.48. The lowest BCUT2D eigenvalue weighted by atomic mass is 10.0. The smallest absolute Gasteiger partial charge is 0.318 e. The summed E-state index contributed by atoms with van der Waals surface area (Å²) >= 11 is 0. The monoisotopic (exact) mass is 338 g/mol. The van der Waals surface area contributed by atoms with E-state index >= 15 is 0 Å². The zero-order valence-electron chi connectivity index (χ0n) is 14.2. The number of hydrogen-bond donors (Lipinski definition) is 1. The first kappa shape index (κ1) is 17.8. The number of carbonyl (C=O) groups excluding carboxylic acids is 1. The second-order valence-corrected chi connectivity index (χ2v) is 8.71. The summed E-state index contributed by atoms with van der Waals surface area (Å²) in [6.45, 7) is 6.73. The van der Waals surface area contributed by atoms with Crippen LogP contribution in [0.2, 0.25) is 0 Å². The van der Waals surface area contributed by atoms with E-state index in [1.807, 2.05) is 4.90 Å². The Bertz CT molecular complexity index is 649. The van der Waals surface area contributed by atoms with Crippen molar-refractivity contribution >= 4 is 15.9 Å². The van der Waals surface area contributed by atoms with Crippen LogP contribution in [0.25, 0.3) is 0 Å². The highest BCUT2D eigenvalue weighted by atomic mass is 32.2. The lowest BCUT2D eigenvalue weighted by molar-refractivity contribution is 0.156. The quantitative estimate of drug-likeness (QED) is 0.867. The molecule has 0 heterocycles. The fourth-order valence-corrected chi connectivity index (χ4v) is 3.11. The molecule has 128 valence electrons. The summed E-state index contributed by atoms with van der Waals surface area (Å²) < 4.78 is 22.9. The number of nitrogens with zero attached hydrogens (tertiary/aromatic N) is 1. The third-order valence-corrected chi connectivity index (χ3v) is 5.50. The van der Waals surface area contributed by atoms with Crippen molar-refractivity contribution in [2.24, 2.45) is 5.92 Å². The largest absolute Gasteiger partial charge is 0.334 e. The maximum absolute atomic E-state index is 12.5. The number of sulfone groups is 1. The maximum atomic E-state index is 12.5. The molecule has 1 aliphatic carbocycles. The van der Waals surface area contributed by atoms with Gasteiger partial charge in [-0.1, -0.05) is 26.0 Å². The molecule has 0 aliphatic heterocycles. The van der Waals surface area contributed by atoms with Crippen LogP contribution in [-0.2, 0) is 16.4 Å². The highest BCUT2D eigenvalue weighted by molar-refractivity contribution is 7.90. The van der Waals surface area contributed by atoms with E-state index in [0.29, 0.717) is 23.4 Å². The van der Waals surface area contributed by atoms with Gasteiger partial charge < -0.3 is 10.2 Å². The van der Waals surface area contributed by atoms with E-state index < -0.39 is 9.84 Å². The number of urea groups is 1. The molecule has 0 bridgehead atoms. The molecule has 1 saturated carbocycles. The summed E-state index contributed by atoms with van der Waals surface area (Å²) in [5.74, 6) is 0.412. The van der Waals surface area contributed by atoms with Crippen LogP contribution in [0.3, 0.4) is 0 Å². The molecule has 0 radical (unpaired) electrons. The maximum Gasteiger partial charge on any atom is 0.318 e. The zero-order valence-corrected chi connectivity index (χ0v) is 15.1. The zero-order chi connectivity index (χ0) is 17.2. The molecule has 2 rings (SSSR count). The lowest BCUT2D eigenvalue weighted by Gasteiger charge is -2.32. The van der Waals surface area contributed by atoms with Crippen molar-refractivity contribution in [2.45, 2.75) is 57.1 Å². The number of carbonyl (C=O) groups is 1. The summed E-state index contributed by atoms with van der Waals surface area (Å²) in [7, 11) is -3.18. The van der Waals surface area contributed by atoms with Gasteiger partial charge in [-0.2, -0.15) is 0 Å². The number of amides is 2. The molecule has 6 heteroatoms. The Kier molecular flexibility index (Phi) is 5.34. The van der Waals surface area contributed by atoms with E-state index in [-0.39, 0.29) is 12.1 Å². The summed E-state index contributed by atoms with van der Waals surface area (Å²) in [5.41, 5.74) is 0.888. The average Bonchev–Trinajstić information content (AvgIpc) is 3.29. The van der Waals surface area contributed by atoms with Crippen molar-refractivity contribution in [3.05, 3.63) is 29.8 Å². The van der Waals surface area contributed by atoms with Crippen molar-refractivity contribution in [3.8, 4) is 0 Å². The van der Waals surface area contributed by atoms with Crippen LogP contribution in [0, 0.1) is 5.92 Å². The van der Waals surface area contributed by atoms with Crippen LogP contribution in [0.5, 0.6) is 0 Å². The van der Waals surface area contributed by atoms with E-state index in [9.17, 15) is 13.2 Å². The molecule has 1 aromatic rings. The summed E-state index contributed by atoms with van der Waals surface area (Å²) in [6.07, 6.45) is 3.34. The van der Waals surface area contributed by atoms with Gasteiger partial charge in [-0.15, -0.1) is 0 Å². The molecule has 1 N–H and O–H groups in total. The highest BCUT2D eigenvalue weighted by Crippen LogP contribution is 2.30. The molecular formula is C17H26N2O3S. The van der Waals surface area contributed by atoms with E-state index in [2.05, 4.69) is 26.1 Å². The predicted molar refractivity (Wildman–Crippen MR) is 90.9 cm³/mol. The molecule has 0 spiro atoms. The van der Waals surface area contributed by atoms with Gasteiger partial charge in [0, 0.05) is 24.9 Å². The molecule has 1 unspecified atom stereocenters. The van der Waals surface area contributed by atoms with E-state index in [4.69, 9.17) is 0 Å². The van der Waals surface area contributed by atoms with Gasteiger partial charge in [-0.3, -0.25) is 0 Å². The Labute approximate surface area is 139 Å². The Morgan fingerprint density at radius 3 is 2.22 bits per heavy atom. The summed E-state index contributed by atoms with van der Waals surface area (Å²) in [4.78, 5) is 14.7. The first-order chi connectivity index (χ1) is 10.7. The Morgan fingerprint density at radius 2 is 1.78 bits per heavy atom. The number of benzene rings is 1. The molecule has 1 aromatic carbocycles. The number of hydrogen-bond acceptors (Lipinski definition) is 3. The van der Waals surface area contributed by atoms with E-state index in [0.717, 1.165) is 18.4 Å². The van der Waals surface area contributed by atoms with Crippen molar-refractivity contribution in [1.82, 2.24) is 10.2 Å². The van der Waals surface area contributed by atoms with Gasteiger partial charge in [0.2, 0.25) is 0 Å². The molecule has 0 saturated heterocycles. The van der Waals surface area contributed by atoms with Crippen molar-refractivity contribution in [3.63, 3.8) is 0 Å². The molecule has 1 aliphatic rings. The topological polar surface area (TPSA) is 66.5 Å². The lowest BCUT2D eigenvalue weighted by Crippen LogP contribution is -2.48. The third-order valence-electron chi connectivity index (χ3n) is 4.37. The molecule has 0 aromatic heterocycles. The van der Waals surface area contributed by atoms with Gasteiger partial charge in [-0.05, 0) is 43.4 Å². The van der Waals surface area contributed by atoms with Gasteiger partial charge in [0.25, 0.3) is 0 Å². The minimum absolute atomic E-state index is 0.0408. The van der Waals surface area contributed by atoms with Crippen LogP contribution < -0.4 is 5.32 Å². The van der Waals surface area contributed by atoms with Crippen LogP contribution in [0.4, 0.5) is 4.79 Å². The van der Waals surface area contributed by atoms with Crippen molar-refractivity contribution < 1.29 is 13.2 Å². The Morgan fingerprint density at radius 1 is 1.22 bits per heavy atom. The van der Waals surface area contributed by atoms with Gasteiger partial charge in [0.15, 0.2) is 9.84 Å². The second kappa shape index (κ2) is 6.91. The molecule has 1 fully saturated rings. The van der Waals surface area contributed by atoms with Crippen molar-refractivity contribution in [2.75, 3.05) is 6.26 Å². The number of rotatable bonds is 6. The van der Waals surface area contributed by atoms with Crippen LogP contribution >= 0.6 is 0 Å². The summed E-state index contributed by atoms with van der Waals surface area (Å²) in [6, 6.07) is 7.16. The molecular weight excluding hydrogens is 312 g/mol. The van der Waals surface area contributed by atoms with Crippen molar-refractivity contribution in [1.29, 1.82) is 0 Å². The highest BCUT2D eigenvalue weighted by Gasteiger charge is 2.36. The van der Waals surface area contributed by atoms with Gasteiger partial charge in [-0.25, -0.2) is 13.2 Å². The van der Waals surface area contributed by atoms with Gasteiger partial charge in [0.1, 0.15) is 0 Å². The normalized spacial score (nSPS) is 16.2.